The third kappa shape index (κ3) is 4.04. The third-order valence-electron chi connectivity index (χ3n) is 3.55. The Morgan fingerprint density at radius 3 is 2.42 bits per heavy atom. The lowest BCUT2D eigenvalue weighted by Gasteiger charge is -2.15. The van der Waals surface area contributed by atoms with E-state index in [0.717, 1.165) is 5.56 Å². The number of ether oxygens (including phenoxy) is 2. The van der Waals surface area contributed by atoms with Crippen molar-refractivity contribution in [2.75, 3.05) is 18.2 Å². The van der Waals surface area contributed by atoms with E-state index >= 15 is 0 Å². The van der Waals surface area contributed by atoms with Gasteiger partial charge in [-0.2, -0.15) is 0 Å². The summed E-state index contributed by atoms with van der Waals surface area (Å²) >= 11 is 0. The van der Waals surface area contributed by atoms with Gasteiger partial charge in [-0.3, -0.25) is 4.79 Å². The zero-order valence-corrected chi connectivity index (χ0v) is 13.8. The number of amides is 1. The second-order valence-corrected chi connectivity index (χ2v) is 5.30. The highest BCUT2D eigenvalue weighted by Crippen LogP contribution is 2.19. The fraction of sp³-hybridized carbons (Fsp3) is 0.222. The maximum atomic E-state index is 12.2. The molecule has 126 valence electrons. The molecule has 6 heteroatoms. The van der Waals surface area contributed by atoms with Crippen molar-refractivity contribution in [3.8, 4) is 5.75 Å². The van der Waals surface area contributed by atoms with Crippen LogP contribution in [0.15, 0.2) is 42.5 Å². The van der Waals surface area contributed by atoms with Crippen molar-refractivity contribution >= 4 is 23.3 Å². The largest absolute Gasteiger partial charge is 0.497 e. The van der Waals surface area contributed by atoms with Crippen LogP contribution in [-0.2, 0) is 9.53 Å². The van der Waals surface area contributed by atoms with Gasteiger partial charge in [-0.05, 0) is 49.7 Å². The number of nitrogens with two attached hydrogens (primary N) is 1. The van der Waals surface area contributed by atoms with Crippen LogP contribution in [0.3, 0.4) is 0 Å². The maximum Gasteiger partial charge on any atom is 0.341 e. The summed E-state index contributed by atoms with van der Waals surface area (Å²) in [6.07, 6.45) is -0.959. The van der Waals surface area contributed by atoms with Gasteiger partial charge in [0.25, 0.3) is 5.91 Å². The van der Waals surface area contributed by atoms with Gasteiger partial charge in [0, 0.05) is 11.4 Å². The van der Waals surface area contributed by atoms with E-state index < -0.39 is 18.0 Å². The van der Waals surface area contributed by atoms with Crippen LogP contribution in [0.1, 0.15) is 22.8 Å². The van der Waals surface area contributed by atoms with E-state index in [9.17, 15) is 9.59 Å². The van der Waals surface area contributed by atoms with E-state index in [4.69, 9.17) is 15.2 Å². The summed E-state index contributed by atoms with van der Waals surface area (Å²) in [4.78, 5) is 24.3. The molecule has 6 nitrogen and oxygen atoms in total. The molecule has 0 saturated carbocycles. The molecule has 1 atom stereocenters. The van der Waals surface area contributed by atoms with Crippen LogP contribution in [0.4, 0.5) is 11.4 Å². The molecule has 3 N–H and O–H groups in total. The fourth-order valence-corrected chi connectivity index (χ4v) is 2.05. The lowest BCUT2D eigenvalue weighted by molar-refractivity contribution is -0.123. The molecule has 0 spiro atoms. The van der Waals surface area contributed by atoms with Crippen LogP contribution in [0.5, 0.6) is 5.75 Å². The molecular formula is C18H20N2O4. The molecule has 0 fully saturated rings. The number of para-hydroxylation sites is 1. The monoisotopic (exact) mass is 328 g/mol. The highest BCUT2D eigenvalue weighted by Gasteiger charge is 2.20. The van der Waals surface area contributed by atoms with Crippen LogP contribution < -0.4 is 15.8 Å². The molecule has 0 aliphatic carbocycles. The predicted octanol–water partition coefficient (Wildman–Crippen LogP) is 2.77. The summed E-state index contributed by atoms with van der Waals surface area (Å²) in [6, 6.07) is 11.9. The number of rotatable bonds is 5. The minimum atomic E-state index is -0.959. The van der Waals surface area contributed by atoms with Crippen molar-refractivity contribution in [3.05, 3.63) is 53.6 Å². The Bertz CT molecular complexity index is 741. The second-order valence-electron chi connectivity index (χ2n) is 5.30. The van der Waals surface area contributed by atoms with Gasteiger partial charge in [0.05, 0.1) is 12.7 Å². The summed E-state index contributed by atoms with van der Waals surface area (Å²) in [5, 5.41) is 2.67. The van der Waals surface area contributed by atoms with Gasteiger partial charge in [-0.1, -0.05) is 12.1 Å². The smallest absolute Gasteiger partial charge is 0.341 e. The molecule has 0 bridgehead atoms. The van der Waals surface area contributed by atoms with Crippen LogP contribution >= 0.6 is 0 Å². The summed E-state index contributed by atoms with van der Waals surface area (Å²) in [7, 11) is 1.56. The molecule has 0 aliphatic heterocycles. The van der Waals surface area contributed by atoms with Gasteiger partial charge < -0.3 is 20.5 Å². The van der Waals surface area contributed by atoms with Crippen molar-refractivity contribution in [2.45, 2.75) is 20.0 Å². The van der Waals surface area contributed by atoms with Gasteiger partial charge >= 0.3 is 5.97 Å². The summed E-state index contributed by atoms with van der Waals surface area (Å²) in [5.74, 6) is -0.379. The Morgan fingerprint density at radius 2 is 1.79 bits per heavy atom. The highest BCUT2D eigenvalue weighted by atomic mass is 16.5. The first-order chi connectivity index (χ1) is 11.4. The van der Waals surface area contributed by atoms with E-state index in [0.29, 0.717) is 17.1 Å². The SMILES string of the molecule is COc1ccc(NC(=O)C(C)OC(=O)c2cccc(C)c2N)cc1. The van der Waals surface area contributed by atoms with Crippen LogP contribution in [0.2, 0.25) is 0 Å². The zero-order chi connectivity index (χ0) is 17.7. The number of hydrogen-bond donors (Lipinski definition) is 2. The third-order valence-corrected chi connectivity index (χ3v) is 3.55. The molecule has 2 aromatic rings. The Kier molecular flexibility index (Phi) is 5.42. The molecule has 0 aliphatic rings. The van der Waals surface area contributed by atoms with Gasteiger partial charge in [0.1, 0.15) is 5.75 Å². The number of esters is 1. The molecule has 1 unspecified atom stereocenters. The number of nitrogen functional groups attached to an aromatic ring is 1. The first-order valence-electron chi connectivity index (χ1n) is 7.43. The first-order valence-corrected chi connectivity index (χ1v) is 7.43. The minimum Gasteiger partial charge on any atom is -0.497 e. The number of methoxy groups -OCH3 is 1. The Balaban J connectivity index is 2.00. The summed E-state index contributed by atoms with van der Waals surface area (Å²) < 4.78 is 10.2. The van der Waals surface area contributed by atoms with Crippen molar-refractivity contribution in [2.24, 2.45) is 0 Å². The molecular weight excluding hydrogens is 308 g/mol. The molecule has 0 heterocycles. The van der Waals surface area contributed by atoms with E-state index in [1.165, 1.54) is 6.92 Å². The van der Waals surface area contributed by atoms with Crippen molar-refractivity contribution in [1.82, 2.24) is 0 Å². The fourth-order valence-electron chi connectivity index (χ4n) is 2.05. The number of carbonyl (C=O) groups is 2. The second kappa shape index (κ2) is 7.50. The number of aryl methyl sites for hydroxylation is 1. The average Bonchev–Trinajstić information content (AvgIpc) is 2.57. The minimum absolute atomic E-state index is 0.249. The molecule has 0 aromatic heterocycles. The molecule has 2 rings (SSSR count). The molecule has 0 radical (unpaired) electrons. The lowest BCUT2D eigenvalue weighted by Crippen LogP contribution is -2.30. The Labute approximate surface area is 140 Å². The summed E-state index contributed by atoms with van der Waals surface area (Å²) in [5.41, 5.74) is 7.83. The molecule has 2 aromatic carbocycles. The normalized spacial score (nSPS) is 11.5. The quantitative estimate of drug-likeness (QED) is 0.650. The van der Waals surface area contributed by atoms with Crippen molar-refractivity contribution < 1.29 is 19.1 Å². The number of benzene rings is 2. The van der Waals surface area contributed by atoms with Crippen LogP contribution in [-0.4, -0.2) is 25.1 Å². The maximum absolute atomic E-state index is 12.2. The van der Waals surface area contributed by atoms with E-state index in [-0.39, 0.29) is 5.56 Å². The Morgan fingerprint density at radius 1 is 1.12 bits per heavy atom. The molecule has 24 heavy (non-hydrogen) atoms. The highest BCUT2D eigenvalue weighted by molar-refractivity contribution is 5.99. The van der Waals surface area contributed by atoms with Crippen LogP contribution in [0, 0.1) is 6.92 Å². The Hall–Kier alpha value is -3.02. The average molecular weight is 328 g/mol. The van der Waals surface area contributed by atoms with Gasteiger partial charge in [-0.25, -0.2) is 4.79 Å². The topological polar surface area (TPSA) is 90.6 Å². The van der Waals surface area contributed by atoms with Gasteiger partial charge in [0.2, 0.25) is 0 Å². The van der Waals surface area contributed by atoms with Crippen molar-refractivity contribution in [1.29, 1.82) is 0 Å². The van der Waals surface area contributed by atoms with Crippen LogP contribution in [0.25, 0.3) is 0 Å². The number of carbonyl (C=O) groups excluding carboxylic acids is 2. The predicted molar refractivity (Wildman–Crippen MR) is 92.1 cm³/mol. The summed E-state index contributed by atoms with van der Waals surface area (Å²) in [6.45, 7) is 3.30. The molecule has 0 saturated heterocycles. The number of hydrogen-bond acceptors (Lipinski definition) is 5. The standard InChI is InChI=1S/C18H20N2O4/c1-11-5-4-6-15(16(11)19)18(22)24-12(2)17(21)20-13-7-9-14(23-3)10-8-13/h4-10,12H,19H2,1-3H3,(H,20,21). The van der Waals surface area contributed by atoms with E-state index in [2.05, 4.69) is 5.32 Å². The molecule has 1 amide bonds. The zero-order valence-electron chi connectivity index (χ0n) is 13.8. The number of nitrogens with one attached hydrogen (secondary N) is 1. The van der Waals surface area contributed by atoms with E-state index in [1.807, 2.05) is 0 Å². The number of anilines is 2. The van der Waals surface area contributed by atoms with Gasteiger partial charge in [0.15, 0.2) is 6.10 Å². The van der Waals surface area contributed by atoms with Crippen molar-refractivity contribution in [3.63, 3.8) is 0 Å². The first kappa shape index (κ1) is 17.3. The van der Waals surface area contributed by atoms with E-state index in [1.54, 1.807) is 56.5 Å². The lowest BCUT2D eigenvalue weighted by atomic mass is 10.1. The van der Waals surface area contributed by atoms with Gasteiger partial charge in [-0.15, -0.1) is 0 Å².